The van der Waals surface area contributed by atoms with Gasteiger partial charge in [0.25, 0.3) is 0 Å². The van der Waals surface area contributed by atoms with Crippen molar-refractivity contribution in [2.45, 2.75) is 55.4 Å². The first kappa shape index (κ1) is 9.85. The van der Waals surface area contributed by atoms with Gasteiger partial charge in [0.2, 0.25) is 0 Å². The predicted octanol–water partition coefficient (Wildman–Crippen LogP) is 2.79. The third-order valence-corrected chi connectivity index (χ3v) is 5.34. The van der Waals surface area contributed by atoms with Gasteiger partial charge in [0.05, 0.1) is 0 Å². The molecule has 0 radical (unpaired) electrons. The van der Waals surface area contributed by atoms with Crippen molar-refractivity contribution in [2.75, 3.05) is 6.54 Å². The van der Waals surface area contributed by atoms with Crippen LogP contribution in [0.5, 0.6) is 0 Å². The molecule has 0 heterocycles. The van der Waals surface area contributed by atoms with E-state index < -0.39 is 0 Å². The molecule has 2 aliphatic carbocycles. The Kier molecular flexibility index (Phi) is 2.89. The molecule has 2 aliphatic rings. The van der Waals surface area contributed by atoms with Crippen molar-refractivity contribution >= 4 is 11.8 Å². The van der Waals surface area contributed by atoms with E-state index in [2.05, 4.69) is 18.7 Å². The van der Waals surface area contributed by atoms with Crippen molar-refractivity contribution in [3.8, 4) is 0 Å². The van der Waals surface area contributed by atoms with Gasteiger partial charge in [0.1, 0.15) is 0 Å². The van der Waals surface area contributed by atoms with Gasteiger partial charge in [-0.25, -0.2) is 0 Å². The lowest BCUT2D eigenvalue weighted by molar-refractivity contribution is 0.256. The van der Waals surface area contributed by atoms with Gasteiger partial charge < -0.3 is 5.73 Å². The van der Waals surface area contributed by atoms with Gasteiger partial charge in [0, 0.05) is 16.5 Å². The van der Waals surface area contributed by atoms with Crippen LogP contribution >= 0.6 is 11.8 Å². The van der Waals surface area contributed by atoms with Gasteiger partial charge >= 0.3 is 0 Å². The zero-order valence-corrected chi connectivity index (χ0v) is 9.41. The molecule has 2 fully saturated rings. The van der Waals surface area contributed by atoms with Crippen LogP contribution in [0, 0.1) is 5.92 Å². The van der Waals surface area contributed by atoms with E-state index in [1.165, 1.54) is 38.5 Å². The second-order valence-corrected chi connectivity index (χ2v) is 6.69. The Bertz CT molecular complexity index is 169. The minimum atomic E-state index is 0.494. The fraction of sp³-hybridized carbons (Fsp3) is 1.00. The van der Waals surface area contributed by atoms with Gasteiger partial charge in [-0.15, -0.1) is 0 Å². The normalized spacial score (nSPS) is 40.6. The Hall–Kier alpha value is 0.310. The van der Waals surface area contributed by atoms with Crippen LogP contribution in [0.25, 0.3) is 0 Å². The highest BCUT2D eigenvalue weighted by Gasteiger charge is 2.43. The fourth-order valence-corrected chi connectivity index (χ4v) is 5.01. The van der Waals surface area contributed by atoms with E-state index in [9.17, 15) is 0 Å². The van der Waals surface area contributed by atoms with Crippen molar-refractivity contribution in [3.63, 3.8) is 0 Å². The monoisotopic (exact) mass is 199 g/mol. The Morgan fingerprint density at radius 2 is 1.92 bits per heavy atom. The molecule has 0 unspecified atom stereocenters. The van der Waals surface area contributed by atoms with Crippen molar-refractivity contribution in [2.24, 2.45) is 11.7 Å². The van der Waals surface area contributed by atoms with Crippen LogP contribution in [0.3, 0.4) is 0 Å². The summed E-state index contributed by atoms with van der Waals surface area (Å²) in [6.45, 7) is 3.25. The average molecular weight is 199 g/mol. The SMILES string of the molecule is CC1CC(CN)(SC2CCCC2)C1. The number of hydrogen-bond acceptors (Lipinski definition) is 2. The summed E-state index contributed by atoms with van der Waals surface area (Å²) < 4.78 is 0.494. The molecule has 2 saturated carbocycles. The zero-order chi connectivity index (χ0) is 9.31. The van der Waals surface area contributed by atoms with Crippen molar-refractivity contribution in [1.82, 2.24) is 0 Å². The predicted molar refractivity (Wildman–Crippen MR) is 60.0 cm³/mol. The third-order valence-electron chi connectivity index (χ3n) is 3.53. The lowest BCUT2D eigenvalue weighted by atomic mass is 9.75. The highest BCUT2D eigenvalue weighted by molar-refractivity contribution is 8.01. The first-order valence-electron chi connectivity index (χ1n) is 5.62. The van der Waals surface area contributed by atoms with E-state index in [-0.39, 0.29) is 0 Å². The van der Waals surface area contributed by atoms with Gasteiger partial charge in [-0.05, 0) is 31.6 Å². The average Bonchev–Trinajstić information content (AvgIpc) is 2.53. The molecule has 76 valence electrons. The van der Waals surface area contributed by atoms with E-state index in [1.807, 2.05) is 0 Å². The third kappa shape index (κ3) is 2.04. The van der Waals surface area contributed by atoms with Crippen LogP contribution in [0.2, 0.25) is 0 Å². The summed E-state index contributed by atoms with van der Waals surface area (Å²) in [5.41, 5.74) is 5.89. The molecular weight excluding hydrogens is 178 g/mol. The molecule has 0 spiro atoms. The van der Waals surface area contributed by atoms with Gasteiger partial charge in [-0.2, -0.15) is 11.8 Å². The number of rotatable bonds is 3. The minimum absolute atomic E-state index is 0.494. The topological polar surface area (TPSA) is 26.0 Å². The first-order chi connectivity index (χ1) is 6.24. The number of thioether (sulfide) groups is 1. The lowest BCUT2D eigenvalue weighted by Gasteiger charge is -2.46. The van der Waals surface area contributed by atoms with Crippen molar-refractivity contribution in [1.29, 1.82) is 0 Å². The van der Waals surface area contributed by atoms with Crippen molar-refractivity contribution in [3.05, 3.63) is 0 Å². The molecule has 0 aromatic heterocycles. The maximum Gasteiger partial charge on any atom is 0.0290 e. The van der Waals surface area contributed by atoms with Crippen LogP contribution in [0.15, 0.2) is 0 Å². The Labute approximate surface area is 85.8 Å². The van der Waals surface area contributed by atoms with E-state index in [0.717, 1.165) is 17.7 Å². The molecule has 2 heteroatoms. The summed E-state index contributed by atoms with van der Waals surface area (Å²) in [5, 5.41) is 0.941. The first-order valence-corrected chi connectivity index (χ1v) is 6.50. The summed E-state index contributed by atoms with van der Waals surface area (Å²) in [4.78, 5) is 0. The Morgan fingerprint density at radius 3 is 2.38 bits per heavy atom. The maximum absolute atomic E-state index is 5.89. The summed E-state index contributed by atoms with van der Waals surface area (Å²) >= 11 is 2.22. The van der Waals surface area contributed by atoms with E-state index in [0.29, 0.717) is 4.75 Å². The highest BCUT2D eigenvalue weighted by atomic mass is 32.2. The van der Waals surface area contributed by atoms with Crippen LogP contribution in [-0.2, 0) is 0 Å². The summed E-state index contributed by atoms with van der Waals surface area (Å²) in [6.07, 6.45) is 8.53. The molecular formula is C11H21NS. The molecule has 13 heavy (non-hydrogen) atoms. The molecule has 0 bridgehead atoms. The molecule has 0 atom stereocenters. The number of nitrogens with two attached hydrogens (primary N) is 1. The van der Waals surface area contributed by atoms with Crippen LogP contribution in [0.1, 0.15) is 45.4 Å². The summed E-state index contributed by atoms with van der Waals surface area (Å²) in [5.74, 6) is 0.928. The molecule has 2 rings (SSSR count). The van der Waals surface area contributed by atoms with Crippen LogP contribution in [0.4, 0.5) is 0 Å². The standard InChI is InChI=1S/C11H21NS/c1-9-6-11(7-9,8-12)13-10-4-2-3-5-10/h9-10H,2-8,12H2,1H3. The number of hydrogen-bond donors (Lipinski definition) is 1. The molecule has 0 amide bonds. The van der Waals surface area contributed by atoms with Crippen LogP contribution in [-0.4, -0.2) is 16.5 Å². The lowest BCUT2D eigenvalue weighted by Crippen LogP contribution is -2.47. The Morgan fingerprint density at radius 1 is 1.31 bits per heavy atom. The summed E-state index contributed by atoms with van der Waals surface area (Å²) in [6, 6.07) is 0. The van der Waals surface area contributed by atoms with Crippen molar-refractivity contribution < 1.29 is 0 Å². The second kappa shape index (κ2) is 3.82. The van der Waals surface area contributed by atoms with E-state index >= 15 is 0 Å². The molecule has 0 aromatic rings. The van der Waals surface area contributed by atoms with E-state index in [1.54, 1.807) is 0 Å². The smallest absolute Gasteiger partial charge is 0.0290 e. The summed E-state index contributed by atoms with van der Waals surface area (Å²) in [7, 11) is 0. The highest BCUT2D eigenvalue weighted by Crippen LogP contribution is 2.51. The second-order valence-electron chi connectivity index (χ2n) is 4.92. The molecule has 1 nitrogen and oxygen atoms in total. The molecule has 0 aliphatic heterocycles. The molecule has 2 N–H and O–H groups in total. The van der Waals surface area contributed by atoms with E-state index in [4.69, 9.17) is 5.73 Å². The fourth-order valence-electron chi connectivity index (χ4n) is 2.88. The quantitative estimate of drug-likeness (QED) is 0.756. The van der Waals surface area contributed by atoms with Crippen LogP contribution < -0.4 is 5.73 Å². The van der Waals surface area contributed by atoms with Gasteiger partial charge in [-0.1, -0.05) is 19.8 Å². The Balaban J connectivity index is 1.84. The molecule has 0 aromatic carbocycles. The van der Waals surface area contributed by atoms with Gasteiger partial charge in [-0.3, -0.25) is 0 Å². The zero-order valence-electron chi connectivity index (χ0n) is 8.59. The van der Waals surface area contributed by atoms with Gasteiger partial charge in [0.15, 0.2) is 0 Å². The maximum atomic E-state index is 5.89. The molecule has 0 saturated heterocycles. The largest absolute Gasteiger partial charge is 0.329 e. The minimum Gasteiger partial charge on any atom is -0.329 e.